The third kappa shape index (κ3) is 5.53. The van der Waals surface area contributed by atoms with Crippen LogP contribution in [0.5, 0.6) is 0 Å². The molecular weight excluding hydrogens is 755 g/mol. The number of fused-ring (bicyclic) bond motifs is 6. The van der Waals surface area contributed by atoms with E-state index in [-0.39, 0.29) is 0 Å². The lowest BCUT2D eigenvalue weighted by Gasteiger charge is -2.18. The Morgan fingerprint density at radius 2 is 0.855 bits per heavy atom. The third-order valence-corrected chi connectivity index (χ3v) is 12.0. The topological polar surface area (TPSA) is 81.2 Å². The molecule has 0 aliphatic heterocycles. The van der Waals surface area contributed by atoms with E-state index < -0.39 is 0 Å². The molecule has 0 saturated carbocycles. The lowest BCUT2D eigenvalue weighted by atomic mass is 9.83. The minimum Gasteiger partial charge on any atom is -0.309 e. The Balaban J connectivity index is 1.28. The predicted molar refractivity (Wildman–Crippen MR) is 251 cm³/mol. The summed E-state index contributed by atoms with van der Waals surface area (Å²) >= 11 is 0. The van der Waals surface area contributed by atoms with Gasteiger partial charge in [0.15, 0.2) is 0 Å². The number of aromatic nitrogens is 2. The van der Waals surface area contributed by atoms with Gasteiger partial charge in [-0.1, -0.05) is 146 Å². The van der Waals surface area contributed by atoms with Crippen LogP contribution in [0.15, 0.2) is 200 Å². The molecule has 0 N–H and O–H groups in total. The van der Waals surface area contributed by atoms with Gasteiger partial charge < -0.3 is 9.13 Å². The van der Waals surface area contributed by atoms with Crippen molar-refractivity contribution in [2.45, 2.75) is 0 Å². The van der Waals surface area contributed by atoms with Gasteiger partial charge in [-0.2, -0.15) is 15.8 Å². The number of nitrogens with zero attached hydrogens (tertiary/aromatic N) is 5. The Labute approximate surface area is 358 Å². The van der Waals surface area contributed by atoms with Crippen LogP contribution in [0.25, 0.3) is 99.5 Å². The zero-order valence-electron chi connectivity index (χ0n) is 33.3. The highest BCUT2D eigenvalue weighted by Gasteiger charge is 2.27. The maximum absolute atomic E-state index is 11.3. The molecule has 11 rings (SSSR count). The van der Waals surface area contributed by atoms with Gasteiger partial charge in [0.25, 0.3) is 0 Å². The molecule has 2 aromatic heterocycles. The standard InChI is InChI=1S/C57H33N5/c58-34-40-31-39(47-32-46(37-17-5-1-6-18-37)49(35-59)54(50(47)36-60)38-19-7-2-8-20-38)29-30-43(40)56-55-45-26-14-16-28-52(45)61(41-21-9-3-10-22-41)53(55)33-48-44-25-13-15-27-51(44)62(57(48)56)42-23-11-4-12-24-42/h1-33H. The van der Waals surface area contributed by atoms with Crippen molar-refractivity contribution >= 4 is 43.6 Å². The number of hydrogen-bond donors (Lipinski definition) is 0. The monoisotopic (exact) mass is 787 g/mol. The van der Waals surface area contributed by atoms with Crippen molar-refractivity contribution in [2.24, 2.45) is 0 Å². The third-order valence-electron chi connectivity index (χ3n) is 12.0. The molecule has 0 aliphatic carbocycles. The Bertz CT molecular complexity index is 3690. The van der Waals surface area contributed by atoms with Gasteiger partial charge in [-0.25, -0.2) is 0 Å². The number of para-hydroxylation sites is 4. The van der Waals surface area contributed by atoms with E-state index in [9.17, 15) is 15.8 Å². The Morgan fingerprint density at radius 1 is 0.339 bits per heavy atom. The first-order valence-electron chi connectivity index (χ1n) is 20.5. The van der Waals surface area contributed by atoms with Crippen molar-refractivity contribution in [3.63, 3.8) is 0 Å². The zero-order valence-corrected chi connectivity index (χ0v) is 33.3. The van der Waals surface area contributed by atoms with E-state index >= 15 is 0 Å². The molecule has 62 heavy (non-hydrogen) atoms. The van der Waals surface area contributed by atoms with Gasteiger partial charge >= 0.3 is 0 Å². The second-order valence-corrected chi connectivity index (χ2v) is 15.3. The van der Waals surface area contributed by atoms with E-state index in [0.29, 0.717) is 33.4 Å². The predicted octanol–water partition coefficient (Wildman–Crippen LogP) is 14.2. The van der Waals surface area contributed by atoms with Gasteiger partial charge in [0.2, 0.25) is 0 Å². The first-order chi connectivity index (χ1) is 30.7. The van der Waals surface area contributed by atoms with E-state index in [0.717, 1.165) is 82.8 Å². The van der Waals surface area contributed by atoms with Crippen LogP contribution >= 0.6 is 0 Å². The number of rotatable bonds is 6. The summed E-state index contributed by atoms with van der Waals surface area (Å²) in [6, 6.07) is 75.1. The van der Waals surface area contributed by atoms with Crippen molar-refractivity contribution in [3.05, 3.63) is 217 Å². The van der Waals surface area contributed by atoms with Gasteiger partial charge in [-0.15, -0.1) is 0 Å². The quantitative estimate of drug-likeness (QED) is 0.168. The normalized spacial score (nSPS) is 11.2. The first-order valence-corrected chi connectivity index (χ1v) is 20.5. The van der Waals surface area contributed by atoms with E-state index in [1.165, 1.54) is 0 Å². The van der Waals surface area contributed by atoms with E-state index in [1.807, 2.05) is 97.1 Å². The fourth-order valence-electron chi connectivity index (χ4n) is 9.44. The van der Waals surface area contributed by atoms with Crippen LogP contribution in [0.2, 0.25) is 0 Å². The summed E-state index contributed by atoms with van der Waals surface area (Å²) in [4.78, 5) is 0. The fourth-order valence-corrected chi connectivity index (χ4v) is 9.44. The average molecular weight is 788 g/mol. The maximum Gasteiger partial charge on any atom is 0.100 e. The fraction of sp³-hybridized carbons (Fsp3) is 0. The molecule has 286 valence electrons. The second kappa shape index (κ2) is 14.7. The van der Waals surface area contributed by atoms with Crippen LogP contribution < -0.4 is 0 Å². The molecule has 0 atom stereocenters. The van der Waals surface area contributed by atoms with Crippen LogP contribution in [0.3, 0.4) is 0 Å². The van der Waals surface area contributed by atoms with E-state index in [4.69, 9.17) is 0 Å². The summed E-state index contributed by atoms with van der Waals surface area (Å²) < 4.78 is 4.66. The smallest absolute Gasteiger partial charge is 0.100 e. The van der Waals surface area contributed by atoms with Gasteiger partial charge in [-0.3, -0.25) is 0 Å². The highest BCUT2D eigenvalue weighted by Crippen LogP contribution is 2.48. The molecular formula is C57H33N5. The molecule has 0 saturated heterocycles. The highest BCUT2D eigenvalue weighted by molar-refractivity contribution is 6.27. The average Bonchev–Trinajstić information content (AvgIpc) is 3.86. The van der Waals surface area contributed by atoms with Crippen LogP contribution in [0.1, 0.15) is 16.7 Å². The van der Waals surface area contributed by atoms with Gasteiger partial charge in [-0.05, 0) is 71.3 Å². The largest absolute Gasteiger partial charge is 0.309 e. The number of nitriles is 3. The molecule has 0 radical (unpaired) electrons. The van der Waals surface area contributed by atoms with Crippen molar-refractivity contribution in [3.8, 4) is 74.1 Å². The lowest BCUT2D eigenvalue weighted by Crippen LogP contribution is -1.99. The molecule has 5 heteroatoms. The molecule has 0 spiro atoms. The molecule has 0 bridgehead atoms. The van der Waals surface area contributed by atoms with Crippen LogP contribution in [-0.2, 0) is 0 Å². The number of benzene rings is 9. The van der Waals surface area contributed by atoms with Crippen molar-refractivity contribution in [1.82, 2.24) is 9.13 Å². The molecule has 0 fully saturated rings. The summed E-state index contributed by atoms with van der Waals surface area (Å²) in [5.74, 6) is 0. The van der Waals surface area contributed by atoms with Crippen LogP contribution in [0, 0.1) is 34.0 Å². The molecule has 0 amide bonds. The molecule has 9 aromatic carbocycles. The SMILES string of the molecule is N#Cc1cc(-c2cc(-c3ccccc3)c(C#N)c(-c3ccccc3)c2C#N)ccc1-c1c2c3ccccc3n(-c3ccccc3)c2cc2c3ccccc3n(-c3ccccc3)c12. The highest BCUT2D eigenvalue weighted by atomic mass is 15.0. The Kier molecular flexibility index (Phi) is 8.57. The van der Waals surface area contributed by atoms with Crippen LogP contribution in [0.4, 0.5) is 0 Å². The van der Waals surface area contributed by atoms with Crippen molar-refractivity contribution in [1.29, 1.82) is 15.8 Å². The first kappa shape index (κ1) is 36.2. The molecule has 2 heterocycles. The summed E-state index contributed by atoms with van der Waals surface area (Å²) in [5.41, 5.74) is 13.5. The van der Waals surface area contributed by atoms with E-state index in [1.54, 1.807) is 0 Å². The summed E-state index contributed by atoms with van der Waals surface area (Å²) in [5, 5.41) is 37.3. The maximum atomic E-state index is 11.3. The zero-order chi connectivity index (χ0) is 41.7. The Hall–Kier alpha value is -8.95. The lowest BCUT2D eigenvalue weighted by molar-refractivity contribution is 1.17. The summed E-state index contributed by atoms with van der Waals surface area (Å²) in [6.45, 7) is 0. The van der Waals surface area contributed by atoms with Gasteiger partial charge in [0.05, 0.1) is 44.8 Å². The molecule has 0 unspecified atom stereocenters. The Morgan fingerprint density at radius 3 is 1.47 bits per heavy atom. The van der Waals surface area contributed by atoms with Crippen LogP contribution in [-0.4, -0.2) is 9.13 Å². The van der Waals surface area contributed by atoms with Crippen molar-refractivity contribution < 1.29 is 0 Å². The molecule has 5 nitrogen and oxygen atoms in total. The number of hydrogen-bond acceptors (Lipinski definition) is 3. The minimum absolute atomic E-state index is 0.378. The van der Waals surface area contributed by atoms with E-state index in [2.05, 4.69) is 130 Å². The van der Waals surface area contributed by atoms with Gasteiger partial charge in [0, 0.05) is 60.7 Å². The molecule has 11 aromatic rings. The van der Waals surface area contributed by atoms with Gasteiger partial charge in [0.1, 0.15) is 12.1 Å². The second-order valence-electron chi connectivity index (χ2n) is 15.3. The van der Waals surface area contributed by atoms with Crippen molar-refractivity contribution in [2.75, 3.05) is 0 Å². The summed E-state index contributed by atoms with van der Waals surface area (Å²) in [7, 11) is 0. The summed E-state index contributed by atoms with van der Waals surface area (Å²) in [6.07, 6.45) is 0. The minimum atomic E-state index is 0.378. The molecule has 0 aliphatic rings.